The summed E-state index contributed by atoms with van der Waals surface area (Å²) in [6.07, 6.45) is 0.519. The molecule has 21 heavy (non-hydrogen) atoms. The monoisotopic (exact) mass is 285 g/mol. The molecule has 0 saturated heterocycles. The van der Waals surface area contributed by atoms with Crippen molar-refractivity contribution in [3.63, 3.8) is 0 Å². The number of rotatable bonds is 6. The van der Waals surface area contributed by atoms with E-state index in [4.69, 9.17) is 4.74 Å². The maximum absolute atomic E-state index is 11.3. The Labute approximate surface area is 124 Å². The molecule has 4 nitrogen and oxygen atoms in total. The van der Waals surface area contributed by atoms with E-state index in [9.17, 15) is 9.90 Å². The lowest BCUT2D eigenvalue weighted by molar-refractivity contribution is -0.138. The highest BCUT2D eigenvalue weighted by Gasteiger charge is 2.23. The van der Waals surface area contributed by atoms with Crippen LogP contribution in [0.2, 0.25) is 0 Å². The molecule has 1 unspecified atom stereocenters. The van der Waals surface area contributed by atoms with Crippen LogP contribution in [0.15, 0.2) is 54.6 Å². The Hall–Kier alpha value is -2.49. The maximum Gasteiger partial charge on any atom is 0.326 e. The minimum absolute atomic E-state index is 0.519. The fourth-order valence-electron chi connectivity index (χ4n) is 2.23. The molecular formula is C17H19NO3. The third kappa shape index (κ3) is 3.54. The fourth-order valence-corrected chi connectivity index (χ4v) is 2.23. The second kappa shape index (κ2) is 6.79. The zero-order valence-corrected chi connectivity index (χ0v) is 12.2. The molecule has 2 rings (SSSR count). The lowest BCUT2D eigenvalue weighted by Crippen LogP contribution is -2.38. The summed E-state index contributed by atoms with van der Waals surface area (Å²) in [5, 5.41) is 9.30. The molecule has 0 aliphatic carbocycles. The first kappa shape index (κ1) is 14.9. The molecule has 0 aliphatic heterocycles. The van der Waals surface area contributed by atoms with Crippen molar-refractivity contribution in [2.75, 3.05) is 11.9 Å². The predicted molar refractivity (Wildman–Crippen MR) is 83.1 cm³/mol. The van der Waals surface area contributed by atoms with Crippen molar-refractivity contribution in [1.29, 1.82) is 0 Å². The molecule has 2 aromatic rings. The largest absolute Gasteiger partial charge is 0.480 e. The number of carbonyl (C=O) groups is 1. The van der Waals surface area contributed by atoms with Gasteiger partial charge < -0.3 is 14.7 Å². The second-order valence-corrected chi connectivity index (χ2v) is 4.76. The van der Waals surface area contributed by atoms with Crippen LogP contribution in [0.5, 0.6) is 11.5 Å². The van der Waals surface area contributed by atoms with Gasteiger partial charge in [-0.3, -0.25) is 0 Å². The minimum Gasteiger partial charge on any atom is -0.480 e. The highest BCUT2D eigenvalue weighted by Crippen LogP contribution is 2.32. The summed E-state index contributed by atoms with van der Waals surface area (Å²) in [6.45, 7) is 1.86. The standard InChI is InChI=1S/C17H19NO3/c1-3-14(17(19)20)18(2)15-11-7-8-12-16(15)21-13-9-5-4-6-10-13/h4-12,14H,3H2,1-2H3,(H,19,20). The van der Waals surface area contributed by atoms with Crippen molar-refractivity contribution in [3.05, 3.63) is 54.6 Å². The first-order chi connectivity index (χ1) is 10.1. The van der Waals surface area contributed by atoms with E-state index in [1.54, 1.807) is 11.9 Å². The van der Waals surface area contributed by atoms with Crippen LogP contribution in [0, 0.1) is 0 Å². The van der Waals surface area contributed by atoms with Crippen LogP contribution in [0.3, 0.4) is 0 Å². The Morgan fingerprint density at radius 1 is 1.14 bits per heavy atom. The fraction of sp³-hybridized carbons (Fsp3) is 0.235. The lowest BCUT2D eigenvalue weighted by atomic mass is 10.1. The van der Waals surface area contributed by atoms with E-state index in [1.807, 2.05) is 61.5 Å². The van der Waals surface area contributed by atoms with Gasteiger partial charge in [0.2, 0.25) is 0 Å². The molecule has 1 atom stereocenters. The van der Waals surface area contributed by atoms with E-state index in [-0.39, 0.29) is 0 Å². The molecule has 0 spiro atoms. The molecule has 110 valence electrons. The zero-order chi connectivity index (χ0) is 15.2. The molecule has 0 heterocycles. The number of ether oxygens (including phenoxy) is 1. The number of hydrogen-bond donors (Lipinski definition) is 1. The smallest absolute Gasteiger partial charge is 0.326 e. The van der Waals surface area contributed by atoms with E-state index in [0.29, 0.717) is 12.2 Å². The van der Waals surface area contributed by atoms with E-state index in [2.05, 4.69) is 0 Å². The van der Waals surface area contributed by atoms with Crippen LogP contribution < -0.4 is 9.64 Å². The highest BCUT2D eigenvalue weighted by atomic mass is 16.5. The molecule has 0 aliphatic rings. The number of carboxylic acid groups (broad SMARTS) is 1. The minimum atomic E-state index is -0.838. The first-order valence-electron chi connectivity index (χ1n) is 6.91. The Bertz CT molecular complexity index is 598. The average Bonchev–Trinajstić information content (AvgIpc) is 2.49. The van der Waals surface area contributed by atoms with Crippen LogP contribution in [0.4, 0.5) is 5.69 Å². The molecule has 2 aromatic carbocycles. The number of hydrogen-bond acceptors (Lipinski definition) is 3. The van der Waals surface area contributed by atoms with E-state index >= 15 is 0 Å². The molecule has 1 N–H and O–H groups in total. The molecule has 0 bridgehead atoms. The second-order valence-electron chi connectivity index (χ2n) is 4.76. The van der Waals surface area contributed by atoms with Crippen LogP contribution in [0.25, 0.3) is 0 Å². The quantitative estimate of drug-likeness (QED) is 0.877. The van der Waals surface area contributed by atoms with Crippen molar-refractivity contribution in [3.8, 4) is 11.5 Å². The van der Waals surface area contributed by atoms with Gasteiger partial charge in [-0.15, -0.1) is 0 Å². The van der Waals surface area contributed by atoms with Gasteiger partial charge in [-0.1, -0.05) is 37.3 Å². The SMILES string of the molecule is CCC(C(=O)O)N(C)c1ccccc1Oc1ccccc1. The Morgan fingerprint density at radius 2 is 1.76 bits per heavy atom. The summed E-state index contributed by atoms with van der Waals surface area (Å²) in [5.41, 5.74) is 0.760. The number of anilines is 1. The summed E-state index contributed by atoms with van der Waals surface area (Å²) in [7, 11) is 1.77. The topological polar surface area (TPSA) is 49.8 Å². The van der Waals surface area contributed by atoms with Gasteiger partial charge in [0.15, 0.2) is 5.75 Å². The van der Waals surface area contributed by atoms with Crippen molar-refractivity contribution >= 4 is 11.7 Å². The normalized spacial score (nSPS) is 11.7. The van der Waals surface area contributed by atoms with Gasteiger partial charge >= 0.3 is 5.97 Å². The van der Waals surface area contributed by atoms with E-state index in [0.717, 1.165) is 11.4 Å². The molecule has 0 fully saturated rings. The molecule has 0 aromatic heterocycles. The van der Waals surface area contributed by atoms with Crippen LogP contribution in [0.1, 0.15) is 13.3 Å². The van der Waals surface area contributed by atoms with Crippen LogP contribution >= 0.6 is 0 Å². The average molecular weight is 285 g/mol. The van der Waals surface area contributed by atoms with Gasteiger partial charge in [0.05, 0.1) is 5.69 Å². The molecule has 4 heteroatoms. The van der Waals surface area contributed by atoms with Gasteiger partial charge in [-0.2, -0.15) is 0 Å². The highest BCUT2D eigenvalue weighted by molar-refractivity contribution is 5.79. The number of benzene rings is 2. The van der Waals surface area contributed by atoms with Crippen LogP contribution in [-0.4, -0.2) is 24.2 Å². The summed E-state index contributed by atoms with van der Waals surface area (Å²) in [4.78, 5) is 13.1. The summed E-state index contributed by atoms with van der Waals surface area (Å²) >= 11 is 0. The summed E-state index contributed by atoms with van der Waals surface area (Å²) < 4.78 is 5.87. The molecule has 0 amide bonds. The lowest BCUT2D eigenvalue weighted by Gasteiger charge is -2.27. The summed E-state index contributed by atoms with van der Waals surface area (Å²) in [5.74, 6) is 0.530. The van der Waals surface area contributed by atoms with Gasteiger partial charge in [0.25, 0.3) is 0 Å². The third-order valence-electron chi connectivity index (χ3n) is 3.36. The van der Waals surface area contributed by atoms with E-state index < -0.39 is 12.0 Å². The van der Waals surface area contributed by atoms with E-state index in [1.165, 1.54) is 0 Å². The first-order valence-corrected chi connectivity index (χ1v) is 6.91. The van der Waals surface area contributed by atoms with Crippen molar-refractivity contribution in [2.24, 2.45) is 0 Å². The molecular weight excluding hydrogens is 266 g/mol. The summed E-state index contributed by atoms with van der Waals surface area (Å²) in [6, 6.07) is 16.3. The molecule has 0 saturated carbocycles. The third-order valence-corrected chi connectivity index (χ3v) is 3.36. The number of nitrogens with zero attached hydrogens (tertiary/aromatic N) is 1. The van der Waals surface area contributed by atoms with Gasteiger partial charge in [-0.05, 0) is 30.7 Å². The van der Waals surface area contributed by atoms with Gasteiger partial charge in [-0.25, -0.2) is 4.79 Å². The maximum atomic E-state index is 11.3. The van der Waals surface area contributed by atoms with Crippen LogP contribution in [-0.2, 0) is 4.79 Å². The van der Waals surface area contributed by atoms with Crippen molar-refractivity contribution in [1.82, 2.24) is 0 Å². The number of carboxylic acids is 1. The van der Waals surface area contributed by atoms with Gasteiger partial charge in [0, 0.05) is 7.05 Å². The Morgan fingerprint density at radius 3 is 2.38 bits per heavy atom. The number of aliphatic carboxylic acids is 1. The van der Waals surface area contributed by atoms with Gasteiger partial charge in [0.1, 0.15) is 11.8 Å². The Kier molecular flexibility index (Phi) is 4.82. The Balaban J connectivity index is 2.30. The molecule has 0 radical (unpaired) electrons. The van der Waals surface area contributed by atoms with Crippen molar-refractivity contribution < 1.29 is 14.6 Å². The predicted octanol–water partition coefficient (Wildman–Crippen LogP) is 3.78. The van der Waals surface area contributed by atoms with Crippen molar-refractivity contribution in [2.45, 2.75) is 19.4 Å². The number of para-hydroxylation sites is 3. The number of likely N-dealkylation sites (N-methyl/N-ethyl adjacent to an activating group) is 1. The zero-order valence-electron chi connectivity index (χ0n) is 12.2.